The van der Waals surface area contributed by atoms with Gasteiger partial charge in [-0.3, -0.25) is 4.79 Å². The van der Waals surface area contributed by atoms with Gasteiger partial charge in [-0.25, -0.2) is 4.99 Å². The molecule has 0 saturated carbocycles. The SMILES string of the molecule is C=CCN=C(N)N=S.CC(=O)O. The minimum absolute atomic E-state index is 0.139. The number of aliphatic imine (C=N–C) groups is 1. The van der Waals surface area contributed by atoms with Gasteiger partial charge in [0.05, 0.1) is 6.54 Å². The second-order valence-electron chi connectivity index (χ2n) is 1.60. The van der Waals surface area contributed by atoms with Crippen molar-refractivity contribution in [2.45, 2.75) is 6.92 Å². The van der Waals surface area contributed by atoms with Crippen LogP contribution in [0, 0.1) is 0 Å². The zero-order chi connectivity index (χ0) is 9.98. The summed E-state index contributed by atoms with van der Waals surface area (Å²) in [6.45, 7) is 4.99. The van der Waals surface area contributed by atoms with Crippen LogP contribution in [0.3, 0.4) is 0 Å². The average molecular weight is 189 g/mol. The van der Waals surface area contributed by atoms with Gasteiger partial charge in [-0.1, -0.05) is 6.08 Å². The molecule has 0 unspecified atom stereocenters. The molecule has 12 heavy (non-hydrogen) atoms. The summed E-state index contributed by atoms with van der Waals surface area (Å²) in [7, 11) is 0. The molecule has 0 bridgehead atoms. The van der Waals surface area contributed by atoms with Crippen molar-refractivity contribution in [3.63, 3.8) is 0 Å². The molecule has 0 aromatic rings. The van der Waals surface area contributed by atoms with E-state index in [1.165, 1.54) is 0 Å². The van der Waals surface area contributed by atoms with Gasteiger partial charge in [-0.15, -0.1) is 10.9 Å². The first-order valence-corrected chi connectivity index (χ1v) is 3.34. The van der Waals surface area contributed by atoms with Crippen LogP contribution in [0.2, 0.25) is 0 Å². The summed E-state index contributed by atoms with van der Waals surface area (Å²) in [5, 5.41) is 7.42. The maximum absolute atomic E-state index is 9.00. The number of carboxylic acid groups (broad SMARTS) is 1. The molecule has 0 aliphatic carbocycles. The van der Waals surface area contributed by atoms with E-state index in [2.05, 4.69) is 28.4 Å². The highest BCUT2D eigenvalue weighted by atomic mass is 32.1. The summed E-state index contributed by atoms with van der Waals surface area (Å²) in [5.74, 6) is -0.695. The van der Waals surface area contributed by atoms with Crippen molar-refractivity contribution >= 4 is 24.4 Å². The number of guanidine groups is 1. The summed E-state index contributed by atoms with van der Waals surface area (Å²) in [6, 6.07) is 0. The van der Waals surface area contributed by atoms with Crippen LogP contribution in [0.15, 0.2) is 22.0 Å². The van der Waals surface area contributed by atoms with Crippen molar-refractivity contribution in [2.24, 2.45) is 15.1 Å². The molecule has 0 saturated heterocycles. The summed E-state index contributed by atoms with van der Waals surface area (Å²) in [4.78, 5) is 12.7. The minimum Gasteiger partial charge on any atom is -0.481 e. The summed E-state index contributed by atoms with van der Waals surface area (Å²) >= 11 is 4.22. The summed E-state index contributed by atoms with van der Waals surface area (Å²) < 4.78 is 3.19. The number of nitrogens with two attached hydrogens (primary N) is 1. The lowest BCUT2D eigenvalue weighted by atomic mass is 10.6. The van der Waals surface area contributed by atoms with Gasteiger partial charge in [0.15, 0.2) is 0 Å². The van der Waals surface area contributed by atoms with Gasteiger partial charge in [0.25, 0.3) is 5.97 Å². The van der Waals surface area contributed by atoms with Crippen molar-refractivity contribution in [2.75, 3.05) is 6.54 Å². The molecule has 0 aromatic carbocycles. The maximum atomic E-state index is 9.00. The number of aliphatic carboxylic acids is 1. The Kier molecular flexibility index (Phi) is 10.8. The fourth-order valence-corrected chi connectivity index (χ4v) is 0.245. The molecule has 6 heteroatoms. The molecule has 0 amide bonds. The third kappa shape index (κ3) is 23.4. The Hall–Kier alpha value is -1.30. The third-order valence-corrected chi connectivity index (χ3v) is 0.663. The second-order valence-corrected chi connectivity index (χ2v) is 1.78. The Bertz CT molecular complexity index is 187. The summed E-state index contributed by atoms with van der Waals surface area (Å²) in [5.41, 5.74) is 5.09. The second kappa shape index (κ2) is 9.70. The summed E-state index contributed by atoms with van der Waals surface area (Å²) in [6.07, 6.45) is 1.62. The van der Waals surface area contributed by atoms with E-state index < -0.39 is 5.97 Å². The molecule has 0 fully saturated rings. The Morgan fingerprint density at radius 2 is 2.25 bits per heavy atom. The number of hydrogen-bond donors (Lipinski definition) is 2. The lowest BCUT2D eigenvalue weighted by Crippen LogP contribution is -2.06. The molecular formula is C6H11N3O2S. The molecule has 5 nitrogen and oxygen atoms in total. The van der Waals surface area contributed by atoms with Crippen molar-refractivity contribution in [1.29, 1.82) is 0 Å². The van der Waals surface area contributed by atoms with E-state index in [1.807, 2.05) is 0 Å². The molecule has 0 aromatic heterocycles. The standard InChI is InChI=1S/C4H7N3S.C2H4O2/c1-2-3-6-4(5)7-8;1-2(3)4/h2H,1,3H2,(H2,5,6);1H3,(H,3,4). The smallest absolute Gasteiger partial charge is 0.300 e. The van der Waals surface area contributed by atoms with E-state index in [9.17, 15) is 0 Å². The van der Waals surface area contributed by atoms with Gasteiger partial charge in [0.1, 0.15) is 0 Å². The Morgan fingerprint density at radius 3 is 2.50 bits per heavy atom. The predicted molar refractivity (Wildman–Crippen MR) is 49.8 cm³/mol. The van der Waals surface area contributed by atoms with E-state index >= 15 is 0 Å². The van der Waals surface area contributed by atoms with E-state index in [-0.39, 0.29) is 5.96 Å². The van der Waals surface area contributed by atoms with E-state index in [0.717, 1.165) is 6.92 Å². The molecule has 0 radical (unpaired) electrons. The van der Waals surface area contributed by atoms with Crippen molar-refractivity contribution < 1.29 is 9.90 Å². The highest BCUT2D eigenvalue weighted by Gasteiger charge is 1.77. The maximum Gasteiger partial charge on any atom is 0.300 e. The number of nitrogens with zero attached hydrogens (tertiary/aromatic N) is 2. The van der Waals surface area contributed by atoms with Gasteiger partial charge in [0, 0.05) is 19.3 Å². The zero-order valence-corrected chi connectivity index (χ0v) is 7.54. The molecule has 0 heterocycles. The molecule has 0 spiro atoms. The van der Waals surface area contributed by atoms with Gasteiger partial charge in [0.2, 0.25) is 5.96 Å². The lowest BCUT2D eigenvalue weighted by molar-refractivity contribution is -0.134. The Labute approximate surface area is 76.2 Å². The molecule has 0 aliphatic rings. The predicted octanol–water partition coefficient (Wildman–Crippen LogP) is 0.308. The van der Waals surface area contributed by atoms with Crippen LogP contribution >= 0.6 is 0 Å². The van der Waals surface area contributed by atoms with Gasteiger partial charge in [-0.05, 0) is 0 Å². The first-order chi connectivity index (χ1) is 5.54. The molecule has 3 N–H and O–H groups in total. The molecule has 0 atom stereocenters. The topological polar surface area (TPSA) is 88.0 Å². The number of carbonyl (C=O) groups is 1. The van der Waals surface area contributed by atoms with Crippen LogP contribution < -0.4 is 5.73 Å². The molecular weight excluding hydrogens is 178 g/mol. The van der Waals surface area contributed by atoms with Crippen LogP contribution in [0.1, 0.15) is 6.92 Å². The van der Waals surface area contributed by atoms with Crippen LogP contribution in [-0.4, -0.2) is 23.6 Å². The van der Waals surface area contributed by atoms with Gasteiger partial charge >= 0.3 is 0 Å². The highest BCUT2D eigenvalue weighted by molar-refractivity contribution is 7.47. The minimum atomic E-state index is -0.833. The van der Waals surface area contributed by atoms with Crippen LogP contribution in [0.25, 0.3) is 0 Å². The number of rotatable bonds is 2. The molecule has 68 valence electrons. The lowest BCUT2D eigenvalue weighted by Gasteiger charge is -1.83. The van der Waals surface area contributed by atoms with Gasteiger partial charge < -0.3 is 10.8 Å². The van der Waals surface area contributed by atoms with Crippen LogP contribution in [0.4, 0.5) is 0 Å². The quantitative estimate of drug-likeness (QED) is 0.371. The first-order valence-electron chi connectivity index (χ1n) is 2.98. The zero-order valence-electron chi connectivity index (χ0n) is 6.73. The number of carboxylic acids is 1. The Balaban J connectivity index is 0. The monoisotopic (exact) mass is 189 g/mol. The van der Waals surface area contributed by atoms with E-state index in [4.69, 9.17) is 15.6 Å². The first kappa shape index (κ1) is 13.3. The fraction of sp³-hybridized carbons (Fsp3) is 0.333. The highest BCUT2D eigenvalue weighted by Crippen LogP contribution is 1.71. The van der Waals surface area contributed by atoms with Gasteiger partial charge in [-0.2, -0.15) is 0 Å². The van der Waals surface area contributed by atoms with Crippen molar-refractivity contribution in [3.05, 3.63) is 12.7 Å². The van der Waals surface area contributed by atoms with E-state index in [0.29, 0.717) is 6.54 Å². The largest absolute Gasteiger partial charge is 0.481 e. The number of hydrogen-bond acceptors (Lipinski definition) is 3. The average Bonchev–Trinajstić information content (AvgIpc) is 1.99. The van der Waals surface area contributed by atoms with Crippen LogP contribution in [0.5, 0.6) is 0 Å². The van der Waals surface area contributed by atoms with Crippen molar-refractivity contribution in [3.8, 4) is 0 Å². The van der Waals surface area contributed by atoms with E-state index in [1.54, 1.807) is 6.08 Å². The Morgan fingerprint density at radius 1 is 1.83 bits per heavy atom. The normalized spacial score (nSPS) is 9.25. The van der Waals surface area contributed by atoms with Crippen LogP contribution in [-0.2, 0) is 17.2 Å². The van der Waals surface area contributed by atoms with Crippen molar-refractivity contribution in [1.82, 2.24) is 0 Å². The molecule has 0 rings (SSSR count). The fourth-order valence-electron chi connectivity index (χ4n) is 0.187. The third-order valence-electron chi connectivity index (χ3n) is 0.476. The molecule has 0 aliphatic heterocycles.